The number of amides is 1. The summed E-state index contributed by atoms with van der Waals surface area (Å²) in [4.78, 5) is 16.6. The van der Waals surface area contributed by atoms with E-state index in [-0.39, 0.29) is 22.4 Å². The van der Waals surface area contributed by atoms with Crippen LogP contribution in [0.2, 0.25) is 0 Å². The van der Waals surface area contributed by atoms with Crippen LogP contribution in [0.3, 0.4) is 0 Å². The fraction of sp³-hybridized carbons (Fsp3) is 0.143. The Bertz CT molecular complexity index is 1130. The van der Waals surface area contributed by atoms with Gasteiger partial charge in [-0.25, -0.2) is 8.42 Å². The van der Waals surface area contributed by atoms with Gasteiger partial charge < -0.3 is 5.32 Å². The molecule has 29 heavy (non-hydrogen) atoms. The topological polar surface area (TPSA) is 88.2 Å². The Morgan fingerprint density at radius 3 is 2.52 bits per heavy atom. The highest BCUT2D eigenvalue weighted by atomic mass is 79.9. The Balaban J connectivity index is 1.81. The third kappa shape index (κ3) is 5.21. The minimum absolute atomic E-state index is 0.00937. The van der Waals surface area contributed by atoms with Crippen molar-refractivity contribution in [3.05, 3.63) is 88.2 Å². The fourth-order valence-corrected chi connectivity index (χ4v) is 4.33. The molecular weight excluding hydrogens is 454 g/mol. The molecule has 1 amide bonds. The van der Waals surface area contributed by atoms with Gasteiger partial charge in [-0.2, -0.15) is 0 Å². The Morgan fingerprint density at radius 2 is 1.79 bits per heavy atom. The number of halogens is 1. The molecule has 0 bridgehead atoms. The lowest BCUT2D eigenvalue weighted by Crippen LogP contribution is -2.27. The standard InChI is InChI=1S/C21H20BrN3O3S/c1-14-6-7-19(22)20(12-14)25-29(27,28)18-5-3-4-17(13-18)21(26)24-15(2)16-8-10-23-11-9-16/h3-13,15,25H,1-2H3,(H,24,26)/t15-/m0/s1. The van der Waals surface area contributed by atoms with Crippen LogP contribution in [0.5, 0.6) is 0 Å². The average molecular weight is 474 g/mol. The van der Waals surface area contributed by atoms with E-state index in [9.17, 15) is 13.2 Å². The molecule has 0 saturated heterocycles. The number of hydrogen-bond donors (Lipinski definition) is 2. The molecule has 3 rings (SSSR count). The second kappa shape index (κ2) is 8.75. The maximum absolute atomic E-state index is 12.8. The number of pyridine rings is 1. The van der Waals surface area contributed by atoms with Gasteiger partial charge in [-0.1, -0.05) is 12.1 Å². The molecule has 0 unspecified atom stereocenters. The molecule has 0 aliphatic heterocycles. The molecule has 0 radical (unpaired) electrons. The number of aromatic nitrogens is 1. The monoisotopic (exact) mass is 473 g/mol. The molecule has 0 fully saturated rings. The second-order valence-corrected chi connectivity index (χ2v) is 9.13. The van der Waals surface area contributed by atoms with Crippen molar-refractivity contribution in [2.75, 3.05) is 4.72 Å². The van der Waals surface area contributed by atoms with Crippen LogP contribution in [-0.2, 0) is 10.0 Å². The van der Waals surface area contributed by atoms with Crippen LogP contribution < -0.4 is 10.0 Å². The van der Waals surface area contributed by atoms with E-state index in [0.29, 0.717) is 10.2 Å². The molecule has 150 valence electrons. The number of nitrogens with zero attached hydrogens (tertiary/aromatic N) is 1. The molecule has 8 heteroatoms. The maximum Gasteiger partial charge on any atom is 0.261 e. The van der Waals surface area contributed by atoms with Crippen molar-refractivity contribution in [2.24, 2.45) is 0 Å². The lowest BCUT2D eigenvalue weighted by atomic mass is 10.1. The number of hydrogen-bond acceptors (Lipinski definition) is 4. The zero-order valence-electron chi connectivity index (χ0n) is 15.9. The number of sulfonamides is 1. The van der Waals surface area contributed by atoms with Crippen LogP contribution >= 0.6 is 15.9 Å². The van der Waals surface area contributed by atoms with Crippen molar-refractivity contribution in [3.8, 4) is 0 Å². The molecule has 1 atom stereocenters. The van der Waals surface area contributed by atoms with E-state index < -0.39 is 10.0 Å². The molecule has 2 N–H and O–H groups in total. The Morgan fingerprint density at radius 1 is 1.07 bits per heavy atom. The number of rotatable bonds is 6. The SMILES string of the molecule is Cc1ccc(Br)c(NS(=O)(=O)c2cccc(C(=O)N[C@@H](C)c3ccncc3)c2)c1. The normalized spacial score (nSPS) is 12.2. The van der Waals surface area contributed by atoms with Crippen LogP contribution in [0.1, 0.15) is 34.5 Å². The molecule has 6 nitrogen and oxygen atoms in total. The van der Waals surface area contributed by atoms with Crippen molar-refractivity contribution in [3.63, 3.8) is 0 Å². The van der Waals surface area contributed by atoms with Crippen LogP contribution in [0.4, 0.5) is 5.69 Å². The predicted molar refractivity (Wildman–Crippen MR) is 116 cm³/mol. The highest BCUT2D eigenvalue weighted by Gasteiger charge is 2.19. The largest absolute Gasteiger partial charge is 0.346 e. The summed E-state index contributed by atoms with van der Waals surface area (Å²) in [5.74, 6) is -0.358. The first-order valence-corrected chi connectivity index (χ1v) is 11.1. The van der Waals surface area contributed by atoms with E-state index in [1.165, 1.54) is 12.1 Å². The molecule has 1 aromatic heterocycles. The van der Waals surface area contributed by atoms with Crippen molar-refractivity contribution < 1.29 is 13.2 Å². The lowest BCUT2D eigenvalue weighted by Gasteiger charge is -2.15. The van der Waals surface area contributed by atoms with Crippen LogP contribution in [0.15, 0.2) is 76.4 Å². The third-order valence-corrected chi connectivity index (χ3v) is 6.38. The number of nitrogens with one attached hydrogen (secondary N) is 2. The second-order valence-electron chi connectivity index (χ2n) is 6.59. The fourth-order valence-electron chi connectivity index (χ4n) is 2.74. The summed E-state index contributed by atoms with van der Waals surface area (Å²) in [5.41, 5.74) is 2.52. The van der Waals surface area contributed by atoms with Crippen molar-refractivity contribution in [1.29, 1.82) is 0 Å². The molecule has 0 aliphatic rings. The molecule has 1 heterocycles. The van der Waals surface area contributed by atoms with Crippen LogP contribution in [0.25, 0.3) is 0 Å². The first kappa shape index (κ1) is 21.0. The summed E-state index contributed by atoms with van der Waals surface area (Å²) < 4.78 is 28.8. The maximum atomic E-state index is 12.8. The minimum Gasteiger partial charge on any atom is -0.346 e. The van der Waals surface area contributed by atoms with Gasteiger partial charge in [-0.3, -0.25) is 14.5 Å². The van der Waals surface area contributed by atoms with Crippen molar-refractivity contribution in [2.45, 2.75) is 24.8 Å². The summed E-state index contributed by atoms with van der Waals surface area (Å²) in [6, 6.07) is 14.7. The van der Waals surface area contributed by atoms with Gasteiger partial charge in [-0.05, 0) is 83.4 Å². The van der Waals surface area contributed by atoms with Crippen LogP contribution in [0, 0.1) is 6.92 Å². The van der Waals surface area contributed by atoms with Crippen molar-refractivity contribution >= 4 is 37.5 Å². The summed E-state index contributed by atoms with van der Waals surface area (Å²) in [5, 5.41) is 2.87. The minimum atomic E-state index is -3.86. The van der Waals surface area contributed by atoms with E-state index in [1.54, 1.807) is 36.7 Å². The number of anilines is 1. The zero-order chi connectivity index (χ0) is 21.0. The van der Waals surface area contributed by atoms with E-state index in [2.05, 4.69) is 31.0 Å². The third-order valence-electron chi connectivity index (χ3n) is 4.33. The highest BCUT2D eigenvalue weighted by molar-refractivity contribution is 9.10. The quantitative estimate of drug-likeness (QED) is 0.553. The first-order chi connectivity index (χ1) is 13.8. The molecule has 0 saturated carbocycles. The van der Waals surface area contributed by atoms with Crippen LogP contribution in [-0.4, -0.2) is 19.3 Å². The molecule has 0 spiro atoms. The van der Waals surface area contributed by atoms with Gasteiger partial charge in [0.25, 0.3) is 15.9 Å². The number of carbonyl (C=O) groups is 1. The zero-order valence-corrected chi connectivity index (χ0v) is 18.3. The van der Waals surface area contributed by atoms with E-state index in [0.717, 1.165) is 11.1 Å². The summed E-state index contributed by atoms with van der Waals surface area (Å²) in [6.07, 6.45) is 3.31. The van der Waals surface area contributed by atoms with Gasteiger partial charge in [0.1, 0.15) is 0 Å². The van der Waals surface area contributed by atoms with E-state index in [1.807, 2.05) is 32.0 Å². The van der Waals surface area contributed by atoms with Crippen molar-refractivity contribution in [1.82, 2.24) is 10.3 Å². The summed E-state index contributed by atoms with van der Waals surface area (Å²) >= 11 is 3.35. The van der Waals surface area contributed by atoms with E-state index >= 15 is 0 Å². The summed E-state index contributed by atoms with van der Waals surface area (Å²) in [6.45, 7) is 3.73. The van der Waals surface area contributed by atoms with Gasteiger partial charge >= 0.3 is 0 Å². The number of benzene rings is 2. The van der Waals surface area contributed by atoms with E-state index in [4.69, 9.17) is 0 Å². The van der Waals surface area contributed by atoms with Gasteiger partial charge in [-0.15, -0.1) is 0 Å². The highest BCUT2D eigenvalue weighted by Crippen LogP contribution is 2.26. The molecular formula is C21H20BrN3O3S. The van der Waals surface area contributed by atoms with Gasteiger partial charge in [0.05, 0.1) is 16.6 Å². The van der Waals surface area contributed by atoms with Gasteiger partial charge in [0.2, 0.25) is 0 Å². The lowest BCUT2D eigenvalue weighted by molar-refractivity contribution is 0.0939. The number of aryl methyl sites for hydroxylation is 1. The number of carbonyl (C=O) groups excluding carboxylic acids is 1. The molecule has 3 aromatic rings. The summed E-state index contributed by atoms with van der Waals surface area (Å²) in [7, 11) is -3.86. The Labute approximate surface area is 178 Å². The first-order valence-electron chi connectivity index (χ1n) is 8.86. The van der Waals surface area contributed by atoms with Gasteiger partial charge in [0, 0.05) is 22.4 Å². The average Bonchev–Trinajstić information content (AvgIpc) is 2.71. The molecule has 0 aliphatic carbocycles. The Kier molecular flexibility index (Phi) is 6.34. The van der Waals surface area contributed by atoms with Gasteiger partial charge in [0.15, 0.2) is 0 Å². The predicted octanol–water partition coefficient (Wildman–Crippen LogP) is 4.44. The smallest absolute Gasteiger partial charge is 0.261 e. The molecule has 2 aromatic carbocycles. The Hall–Kier alpha value is -2.71.